The van der Waals surface area contributed by atoms with Gasteiger partial charge in [0.25, 0.3) is 0 Å². The third-order valence-corrected chi connectivity index (χ3v) is 3.96. The van der Waals surface area contributed by atoms with Crippen molar-refractivity contribution >= 4 is 0 Å². The van der Waals surface area contributed by atoms with Crippen LogP contribution in [-0.2, 0) is 17.8 Å². The molecule has 4 heteroatoms. The van der Waals surface area contributed by atoms with Gasteiger partial charge in [-0.2, -0.15) is 0 Å². The lowest BCUT2D eigenvalue weighted by Crippen LogP contribution is -2.29. The summed E-state index contributed by atoms with van der Waals surface area (Å²) in [4.78, 5) is 0. The molecule has 130 valence electrons. The van der Waals surface area contributed by atoms with Crippen molar-refractivity contribution in [2.75, 3.05) is 20.8 Å². The van der Waals surface area contributed by atoms with Crippen molar-refractivity contribution in [1.29, 1.82) is 0 Å². The molecule has 2 aromatic carbocycles. The molecule has 0 bridgehead atoms. The van der Waals surface area contributed by atoms with Crippen LogP contribution in [0.15, 0.2) is 48.5 Å². The maximum Gasteiger partial charge on any atom is 0.122 e. The molecular formula is C20H26O4. The zero-order chi connectivity index (χ0) is 17.4. The number of rotatable bonds is 9. The lowest BCUT2D eigenvalue weighted by molar-refractivity contribution is 0.0103. The Kier molecular flexibility index (Phi) is 6.64. The topological polar surface area (TPSA) is 47.9 Å². The highest BCUT2D eigenvalue weighted by molar-refractivity contribution is 5.41. The van der Waals surface area contributed by atoms with Gasteiger partial charge in [-0.05, 0) is 37.1 Å². The highest BCUT2D eigenvalue weighted by Gasteiger charge is 2.23. The van der Waals surface area contributed by atoms with Crippen molar-refractivity contribution < 1.29 is 19.3 Å². The number of hydrogen-bond acceptors (Lipinski definition) is 4. The van der Waals surface area contributed by atoms with E-state index in [0.29, 0.717) is 26.1 Å². The molecule has 0 fully saturated rings. The average molecular weight is 330 g/mol. The maximum absolute atomic E-state index is 10.7. The van der Waals surface area contributed by atoms with Gasteiger partial charge < -0.3 is 19.3 Å². The van der Waals surface area contributed by atoms with Gasteiger partial charge >= 0.3 is 0 Å². The van der Waals surface area contributed by atoms with Gasteiger partial charge in [0.15, 0.2) is 0 Å². The Morgan fingerprint density at radius 1 is 1.00 bits per heavy atom. The van der Waals surface area contributed by atoms with E-state index in [2.05, 4.69) is 0 Å². The second kappa shape index (κ2) is 8.71. The zero-order valence-electron chi connectivity index (χ0n) is 14.6. The predicted octanol–water partition coefficient (Wildman–Crippen LogP) is 3.60. The van der Waals surface area contributed by atoms with Crippen LogP contribution in [0.1, 0.15) is 24.5 Å². The summed E-state index contributed by atoms with van der Waals surface area (Å²) in [5.74, 6) is 1.50. The number of hydrogen-bond donors (Lipinski definition) is 1. The molecule has 0 saturated heterocycles. The first kappa shape index (κ1) is 18.3. The van der Waals surface area contributed by atoms with Crippen LogP contribution in [0.25, 0.3) is 0 Å². The standard InChI is InChI=1S/C20H26O4/c1-20(21,11-12-24-15-16-7-5-4-6-8-16)14-17-13-18(22-2)9-10-19(17)23-3/h4-10,13,21H,11-12,14-15H2,1-3H3/t20-/m1/s1. The summed E-state index contributed by atoms with van der Waals surface area (Å²) >= 11 is 0. The molecule has 1 atom stereocenters. The molecule has 0 heterocycles. The molecule has 1 N–H and O–H groups in total. The number of ether oxygens (including phenoxy) is 3. The third kappa shape index (κ3) is 5.55. The van der Waals surface area contributed by atoms with Gasteiger partial charge in [0.05, 0.1) is 26.4 Å². The highest BCUT2D eigenvalue weighted by Crippen LogP contribution is 2.28. The van der Waals surface area contributed by atoms with Gasteiger partial charge in [-0.25, -0.2) is 0 Å². The highest BCUT2D eigenvalue weighted by atomic mass is 16.5. The van der Waals surface area contributed by atoms with Gasteiger partial charge in [-0.15, -0.1) is 0 Å². The van der Waals surface area contributed by atoms with Crippen molar-refractivity contribution in [3.63, 3.8) is 0 Å². The molecule has 24 heavy (non-hydrogen) atoms. The summed E-state index contributed by atoms with van der Waals surface area (Å²) < 4.78 is 16.3. The molecule has 2 aromatic rings. The molecule has 0 aliphatic rings. The Balaban J connectivity index is 1.88. The van der Waals surface area contributed by atoms with Gasteiger partial charge in [0, 0.05) is 18.6 Å². The molecule has 0 aromatic heterocycles. The molecule has 0 spiro atoms. The van der Waals surface area contributed by atoms with E-state index in [-0.39, 0.29) is 0 Å². The van der Waals surface area contributed by atoms with E-state index in [1.807, 2.05) is 55.5 Å². The summed E-state index contributed by atoms with van der Waals surface area (Å²) in [6.07, 6.45) is 1.02. The summed E-state index contributed by atoms with van der Waals surface area (Å²) in [6.45, 7) is 2.87. The van der Waals surface area contributed by atoms with Crippen LogP contribution in [0, 0.1) is 0 Å². The predicted molar refractivity (Wildman–Crippen MR) is 94.6 cm³/mol. The van der Waals surface area contributed by atoms with E-state index in [0.717, 1.165) is 22.6 Å². The third-order valence-electron chi connectivity index (χ3n) is 3.96. The summed E-state index contributed by atoms with van der Waals surface area (Å²) in [7, 11) is 3.25. The fraction of sp³-hybridized carbons (Fsp3) is 0.400. The summed E-state index contributed by atoms with van der Waals surface area (Å²) in [6, 6.07) is 15.6. The zero-order valence-corrected chi connectivity index (χ0v) is 14.6. The Morgan fingerprint density at radius 2 is 1.75 bits per heavy atom. The fourth-order valence-electron chi connectivity index (χ4n) is 2.58. The largest absolute Gasteiger partial charge is 0.497 e. The summed E-state index contributed by atoms with van der Waals surface area (Å²) in [5.41, 5.74) is 1.17. The number of benzene rings is 2. The van der Waals surface area contributed by atoms with E-state index in [1.54, 1.807) is 14.2 Å². The molecule has 0 aliphatic heterocycles. The monoisotopic (exact) mass is 330 g/mol. The molecule has 0 aliphatic carbocycles. The van der Waals surface area contributed by atoms with E-state index >= 15 is 0 Å². The quantitative estimate of drug-likeness (QED) is 0.714. The van der Waals surface area contributed by atoms with Crippen molar-refractivity contribution in [2.24, 2.45) is 0 Å². The minimum atomic E-state index is -0.879. The van der Waals surface area contributed by atoms with E-state index in [1.165, 1.54) is 0 Å². The van der Waals surface area contributed by atoms with Crippen molar-refractivity contribution in [2.45, 2.75) is 32.0 Å². The van der Waals surface area contributed by atoms with Crippen molar-refractivity contribution in [3.05, 3.63) is 59.7 Å². The van der Waals surface area contributed by atoms with Crippen LogP contribution in [0.3, 0.4) is 0 Å². The van der Waals surface area contributed by atoms with Gasteiger partial charge in [-0.3, -0.25) is 0 Å². The van der Waals surface area contributed by atoms with Crippen LogP contribution in [0.2, 0.25) is 0 Å². The molecule has 0 saturated carbocycles. The minimum absolute atomic E-state index is 0.474. The Bertz CT molecular complexity index is 623. The van der Waals surface area contributed by atoms with Crippen molar-refractivity contribution in [1.82, 2.24) is 0 Å². The van der Waals surface area contributed by atoms with Gasteiger partial charge in [-0.1, -0.05) is 30.3 Å². The molecule has 0 unspecified atom stereocenters. The maximum atomic E-state index is 10.7. The van der Waals surface area contributed by atoms with Gasteiger partial charge in [0.1, 0.15) is 11.5 Å². The first-order valence-corrected chi connectivity index (χ1v) is 8.09. The van der Waals surface area contributed by atoms with E-state index < -0.39 is 5.60 Å². The minimum Gasteiger partial charge on any atom is -0.497 e. The molecule has 2 rings (SSSR count). The summed E-state index contributed by atoms with van der Waals surface area (Å²) in [5, 5.41) is 10.7. The van der Waals surface area contributed by atoms with Gasteiger partial charge in [0.2, 0.25) is 0 Å². The first-order valence-electron chi connectivity index (χ1n) is 8.09. The van der Waals surface area contributed by atoms with Crippen LogP contribution in [-0.4, -0.2) is 31.5 Å². The van der Waals surface area contributed by atoms with E-state index in [9.17, 15) is 5.11 Å². The lowest BCUT2D eigenvalue weighted by atomic mass is 9.93. The second-order valence-corrected chi connectivity index (χ2v) is 6.14. The smallest absolute Gasteiger partial charge is 0.122 e. The van der Waals surface area contributed by atoms with Crippen LogP contribution in [0.5, 0.6) is 11.5 Å². The SMILES string of the molecule is COc1ccc(OC)c(C[C@](C)(O)CCOCc2ccccc2)c1. The van der Waals surface area contributed by atoms with Crippen molar-refractivity contribution in [3.8, 4) is 11.5 Å². The molecule has 4 nitrogen and oxygen atoms in total. The number of aliphatic hydroxyl groups is 1. The Hall–Kier alpha value is -2.04. The van der Waals surface area contributed by atoms with Crippen LogP contribution in [0.4, 0.5) is 0 Å². The van der Waals surface area contributed by atoms with E-state index in [4.69, 9.17) is 14.2 Å². The number of methoxy groups -OCH3 is 2. The molecule has 0 amide bonds. The first-order chi connectivity index (χ1) is 11.5. The molecule has 0 radical (unpaired) electrons. The average Bonchev–Trinajstić information content (AvgIpc) is 2.59. The Morgan fingerprint density at radius 3 is 2.42 bits per heavy atom. The van der Waals surface area contributed by atoms with Crippen LogP contribution < -0.4 is 9.47 Å². The second-order valence-electron chi connectivity index (χ2n) is 6.14. The van der Waals surface area contributed by atoms with Crippen LogP contribution >= 0.6 is 0 Å². The fourth-order valence-corrected chi connectivity index (χ4v) is 2.58. The lowest BCUT2D eigenvalue weighted by Gasteiger charge is -2.24. The normalized spacial score (nSPS) is 13.3. The molecular weight excluding hydrogens is 304 g/mol. The Labute approximate surface area is 144 Å².